The minimum absolute atomic E-state index is 0.320. The van der Waals surface area contributed by atoms with E-state index in [4.69, 9.17) is 9.47 Å². The van der Waals surface area contributed by atoms with Crippen molar-refractivity contribution in [2.75, 3.05) is 7.11 Å². The Morgan fingerprint density at radius 2 is 1.50 bits per heavy atom. The van der Waals surface area contributed by atoms with E-state index in [-0.39, 0.29) is 6.03 Å². The van der Waals surface area contributed by atoms with Crippen LogP contribution in [0.1, 0.15) is 34.5 Å². The Labute approximate surface area is 197 Å². The Morgan fingerprint density at radius 1 is 0.882 bits per heavy atom. The molecule has 0 bridgehead atoms. The number of nitrogens with zero attached hydrogens (tertiary/aromatic N) is 1. The van der Waals surface area contributed by atoms with Gasteiger partial charge in [0.05, 0.1) is 30.8 Å². The summed E-state index contributed by atoms with van der Waals surface area (Å²) in [6.07, 6.45) is 0. The van der Waals surface area contributed by atoms with Crippen LogP contribution in [0.5, 0.6) is 5.75 Å². The Morgan fingerprint density at radius 3 is 2.12 bits per heavy atom. The fraction of sp³-hybridized carbons (Fsp3) is 0.148. The van der Waals surface area contributed by atoms with Crippen LogP contribution in [0.3, 0.4) is 0 Å². The number of urea groups is 1. The maximum atomic E-state index is 13.0. The maximum absolute atomic E-state index is 13.0. The Kier molecular flexibility index (Phi) is 6.73. The molecular weight excluding hydrogens is 432 g/mol. The monoisotopic (exact) mass is 456 g/mol. The van der Waals surface area contributed by atoms with E-state index in [2.05, 4.69) is 5.32 Å². The zero-order valence-corrected chi connectivity index (χ0v) is 18.9. The summed E-state index contributed by atoms with van der Waals surface area (Å²) < 4.78 is 10.5. The van der Waals surface area contributed by atoms with Gasteiger partial charge >= 0.3 is 18.0 Å². The molecule has 0 spiro atoms. The van der Waals surface area contributed by atoms with Crippen LogP contribution < -0.4 is 10.1 Å². The van der Waals surface area contributed by atoms with Crippen molar-refractivity contribution in [1.29, 1.82) is 0 Å². The van der Waals surface area contributed by atoms with Crippen LogP contribution in [0.4, 0.5) is 4.79 Å². The lowest BCUT2D eigenvalue weighted by Crippen LogP contribution is -2.47. The summed E-state index contributed by atoms with van der Waals surface area (Å²) in [5.41, 5.74) is 2.89. The lowest BCUT2D eigenvalue weighted by atomic mass is 9.94. The summed E-state index contributed by atoms with van der Waals surface area (Å²) in [5.74, 6) is -0.646. The minimum atomic E-state index is -0.703. The summed E-state index contributed by atoms with van der Waals surface area (Å²) >= 11 is 0. The van der Waals surface area contributed by atoms with Gasteiger partial charge in [-0.15, -0.1) is 0 Å². The fourth-order valence-electron chi connectivity index (χ4n) is 3.83. The maximum Gasteiger partial charge on any atom is 0.343 e. The van der Waals surface area contributed by atoms with Gasteiger partial charge in [-0.05, 0) is 42.3 Å². The highest BCUT2D eigenvalue weighted by molar-refractivity contribution is 5.95. The van der Waals surface area contributed by atoms with Crippen molar-refractivity contribution in [3.63, 3.8) is 0 Å². The summed E-state index contributed by atoms with van der Waals surface area (Å²) in [5, 5.41) is 2.91. The molecule has 4 rings (SSSR count). The molecule has 1 heterocycles. The van der Waals surface area contributed by atoms with Crippen molar-refractivity contribution >= 4 is 18.0 Å². The number of allylic oxidation sites excluding steroid dienone is 1. The molecule has 1 atom stereocenters. The van der Waals surface area contributed by atoms with Crippen LogP contribution in [-0.4, -0.2) is 30.0 Å². The zero-order valence-electron chi connectivity index (χ0n) is 18.9. The van der Waals surface area contributed by atoms with Gasteiger partial charge < -0.3 is 14.8 Å². The van der Waals surface area contributed by atoms with Crippen molar-refractivity contribution in [2.24, 2.45) is 0 Å². The Balaban J connectivity index is 1.59. The molecular formula is C27H24N2O5. The first-order valence-corrected chi connectivity index (χ1v) is 10.8. The second-order valence-corrected chi connectivity index (χ2v) is 7.77. The van der Waals surface area contributed by atoms with Gasteiger partial charge in [-0.1, -0.05) is 60.7 Å². The molecule has 0 aliphatic carbocycles. The number of methoxy groups -OCH3 is 1. The van der Waals surface area contributed by atoms with E-state index in [1.165, 1.54) is 12.0 Å². The Bertz CT molecular complexity index is 1220. The van der Waals surface area contributed by atoms with Gasteiger partial charge in [0.15, 0.2) is 0 Å². The highest BCUT2D eigenvalue weighted by atomic mass is 16.5. The van der Waals surface area contributed by atoms with Crippen LogP contribution in [-0.2, 0) is 16.1 Å². The summed E-state index contributed by atoms with van der Waals surface area (Å²) in [7, 11) is 1.31. The largest absolute Gasteiger partial charge is 0.466 e. The van der Waals surface area contributed by atoms with Crippen molar-refractivity contribution < 1.29 is 23.9 Å². The third-order valence-electron chi connectivity index (χ3n) is 5.62. The molecule has 1 N–H and O–H groups in total. The van der Waals surface area contributed by atoms with Gasteiger partial charge in [-0.2, -0.15) is 0 Å². The van der Waals surface area contributed by atoms with E-state index in [1.54, 1.807) is 55.5 Å². The molecule has 34 heavy (non-hydrogen) atoms. The zero-order chi connectivity index (χ0) is 24.1. The number of rotatable bonds is 6. The fourth-order valence-corrected chi connectivity index (χ4v) is 3.83. The highest BCUT2D eigenvalue weighted by Crippen LogP contribution is 2.33. The molecule has 2 amide bonds. The number of ether oxygens (including phenoxy) is 2. The Hall–Kier alpha value is -4.39. The van der Waals surface area contributed by atoms with Crippen molar-refractivity contribution in [1.82, 2.24) is 10.2 Å². The lowest BCUT2D eigenvalue weighted by molar-refractivity contribution is -0.136. The smallest absolute Gasteiger partial charge is 0.343 e. The first kappa shape index (κ1) is 22.8. The van der Waals surface area contributed by atoms with Crippen molar-refractivity contribution in [3.8, 4) is 5.75 Å². The number of amides is 2. The second-order valence-electron chi connectivity index (χ2n) is 7.77. The van der Waals surface area contributed by atoms with E-state index >= 15 is 0 Å². The third-order valence-corrected chi connectivity index (χ3v) is 5.62. The number of nitrogens with one attached hydrogen (secondary N) is 1. The van der Waals surface area contributed by atoms with Gasteiger partial charge in [-0.3, -0.25) is 4.90 Å². The van der Waals surface area contributed by atoms with E-state index in [9.17, 15) is 14.4 Å². The van der Waals surface area contributed by atoms with Gasteiger partial charge in [0.2, 0.25) is 0 Å². The third kappa shape index (κ3) is 4.83. The number of carbonyl (C=O) groups is 3. The average molecular weight is 456 g/mol. The van der Waals surface area contributed by atoms with Crippen LogP contribution >= 0.6 is 0 Å². The quantitative estimate of drug-likeness (QED) is 0.432. The molecule has 0 saturated heterocycles. The van der Waals surface area contributed by atoms with Crippen LogP contribution in [0, 0.1) is 0 Å². The van der Waals surface area contributed by atoms with Crippen LogP contribution in [0.25, 0.3) is 0 Å². The summed E-state index contributed by atoms with van der Waals surface area (Å²) in [4.78, 5) is 39.5. The molecule has 0 saturated carbocycles. The molecule has 0 aromatic heterocycles. The predicted octanol–water partition coefficient (Wildman–Crippen LogP) is 4.62. The second kappa shape index (κ2) is 10.0. The SMILES string of the molecule is COC(=O)C1=C(C)N(Cc2ccccc2)C(=O)NC1c1ccc(OC(=O)c2ccccc2)cc1. The molecule has 7 heteroatoms. The highest BCUT2D eigenvalue weighted by Gasteiger charge is 2.36. The van der Waals surface area contributed by atoms with Crippen LogP contribution in [0.15, 0.2) is 96.2 Å². The van der Waals surface area contributed by atoms with Gasteiger partial charge in [0.25, 0.3) is 0 Å². The minimum Gasteiger partial charge on any atom is -0.466 e. The standard InChI is InChI=1S/C27H24N2O5/c1-18-23(26(31)33-2)24(28-27(32)29(18)17-19-9-5-3-6-10-19)20-13-15-22(16-14-20)34-25(30)21-11-7-4-8-12-21/h3-16,24H,17H2,1-2H3,(H,28,32). The van der Waals surface area contributed by atoms with Gasteiger partial charge in [-0.25, -0.2) is 14.4 Å². The van der Waals surface area contributed by atoms with Gasteiger partial charge in [0.1, 0.15) is 5.75 Å². The molecule has 172 valence electrons. The van der Waals surface area contributed by atoms with E-state index < -0.39 is 18.0 Å². The van der Waals surface area contributed by atoms with E-state index in [0.29, 0.717) is 34.7 Å². The first-order valence-electron chi connectivity index (χ1n) is 10.8. The summed E-state index contributed by atoms with van der Waals surface area (Å²) in [6, 6.07) is 23.9. The van der Waals surface area contributed by atoms with E-state index in [1.807, 2.05) is 36.4 Å². The molecule has 3 aromatic rings. The normalized spacial score (nSPS) is 15.5. The topological polar surface area (TPSA) is 84.9 Å². The number of benzene rings is 3. The molecule has 1 unspecified atom stereocenters. The molecule has 1 aliphatic rings. The van der Waals surface area contributed by atoms with E-state index in [0.717, 1.165) is 5.56 Å². The molecule has 1 aliphatic heterocycles. The predicted molar refractivity (Wildman–Crippen MR) is 126 cm³/mol. The first-order chi connectivity index (χ1) is 16.5. The number of esters is 2. The van der Waals surface area contributed by atoms with Gasteiger partial charge in [0, 0.05) is 5.70 Å². The molecule has 0 radical (unpaired) electrons. The number of hydrogen-bond donors (Lipinski definition) is 1. The van der Waals surface area contributed by atoms with Crippen molar-refractivity contribution in [3.05, 3.63) is 113 Å². The average Bonchev–Trinajstić information content (AvgIpc) is 2.87. The lowest BCUT2D eigenvalue weighted by Gasteiger charge is -2.35. The van der Waals surface area contributed by atoms with Crippen LogP contribution in [0.2, 0.25) is 0 Å². The molecule has 0 fully saturated rings. The number of hydrogen-bond acceptors (Lipinski definition) is 5. The summed E-state index contributed by atoms with van der Waals surface area (Å²) in [6.45, 7) is 2.05. The number of carbonyl (C=O) groups excluding carboxylic acids is 3. The molecule has 7 nitrogen and oxygen atoms in total. The van der Waals surface area contributed by atoms with Crippen molar-refractivity contribution in [2.45, 2.75) is 19.5 Å². The molecule has 3 aromatic carbocycles.